The van der Waals surface area contributed by atoms with Gasteiger partial charge in [-0.25, -0.2) is 4.98 Å². The van der Waals surface area contributed by atoms with E-state index in [-0.39, 0.29) is 11.9 Å². The molecule has 1 saturated carbocycles. The van der Waals surface area contributed by atoms with Gasteiger partial charge in [-0.05, 0) is 25.7 Å². The van der Waals surface area contributed by atoms with Crippen molar-refractivity contribution in [2.75, 3.05) is 0 Å². The first kappa shape index (κ1) is 14.1. The fraction of sp³-hybridized carbons (Fsp3) is 0.500. The fourth-order valence-corrected chi connectivity index (χ4v) is 2.76. The van der Waals surface area contributed by atoms with Gasteiger partial charge in [-0.2, -0.15) is 5.10 Å². The minimum Gasteiger partial charge on any atom is -0.340 e. The summed E-state index contributed by atoms with van der Waals surface area (Å²) in [5, 5.41) is 7.56. The van der Waals surface area contributed by atoms with E-state index in [0.29, 0.717) is 23.2 Å². The van der Waals surface area contributed by atoms with Gasteiger partial charge in [0, 0.05) is 26.0 Å². The molecule has 0 spiro atoms. The highest BCUT2D eigenvalue weighted by Gasteiger charge is 2.36. The first-order valence-electron chi connectivity index (χ1n) is 7.11. The summed E-state index contributed by atoms with van der Waals surface area (Å²) < 4.78 is 3.56. The lowest BCUT2D eigenvalue weighted by Gasteiger charge is -2.18. The van der Waals surface area contributed by atoms with Crippen LogP contribution in [0.4, 0.5) is 0 Å². The monoisotopic (exact) mass is 307 g/mol. The number of aryl methyl sites for hydroxylation is 2. The Bertz CT molecular complexity index is 658. The second-order valence-corrected chi connectivity index (χ2v) is 5.75. The van der Waals surface area contributed by atoms with Crippen molar-refractivity contribution in [1.82, 2.24) is 24.6 Å². The lowest BCUT2D eigenvalue weighted by molar-refractivity contribution is 0.0918. The molecule has 0 unspecified atom stereocenters. The maximum atomic E-state index is 12.6. The summed E-state index contributed by atoms with van der Waals surface area (Å²) >= 11 is 6.09. The zero-order chi connectivity index (χ0) is 15.0. The van der Waals surface area contributed by atoms with Crippen molar-refractivity contribution in [3.05, 3.63) is 35.1 Å². The third kappa shape index (κ3) is 2.68. The molecule has 0 saturated heterocycles. The van der Waals surface area contributed by atoms with E-state index in [1.54, 1.807) is 10.9 Å². The number of carbonyl (C=O) groups is 1. The van der Waals surface area contributed by atoms with Crippen LogP contribution in [0.25, 0.3) is 0 Å². The Morgan fingerprint density at radius 2 is 2.33 bits per heavy atom. The summed E-state index contributed by atoms with van der Waals surface area (Å²) in [7, 11) is 1.94. The molecule has 0 bridgehead atoms. The highest BCUT2D eigenvalue weighted by atomic mass is 35.5. The molecule has 1 N–H and O–H groups in total. The molecule has 0 radical (unpaired) electrons. The van der Waals surface area contributed by atoms with Crippen molar-refractivity contribution in [2.24, 2.45) is 13.0 Å². The highest BCUT2D eigenvalue weighted by Crippen LogP contribution is 2.40. The van der Waals surface area contributed by atoms with Gasteiger partial charge in [0.05, 0.1) is 17.3 Å². The Hall–Kier alpha value is -1.82. The van der Waals surface area contributed by atoms with E-state index in [1.807, 2.05) is 24.7 Å². The van der Waals surface area contributed by atoms with Crippen LogP contribution in [0.3, 0.4) is 0 Å². The lowest BCUT2D eigenvalue weighted by atomic mass is 10.1. The molecule has 1 atom stereocenters. The fourth-order valence-electron chi connectivity index (χ4n) is 2.54. The molecular weight excluding hydrogens is 290 g/mol. The van der Waals surface area contributed by atoms with Gasteiger partial charge in [0.15, 0.2) is 0 Å². The zero-order valence-corrected chi connectivity index (χ0v) is 12.8. The Kier molecular flexibility index (Phi) is 3.71. The van der Waals surface area contributed by atoms with Gasteiger partial charge in [0.25, 0.3) is 5.91 Å². The SMILES string of the molecule is CCn1ncc(Cl)c1C(=O)N[C@H](c1nccn1C)C1CC1. The molecule has 0 aromatic carbocycles. The Morgan fingerprint density at radius 1 is 1.57 bits per heavy atom. The van der Waals surface area contributed by atoms with E-state index in [0.717, 1.165) is 18.7 Å². The Morgan fingerprint density at radius 3 is 2.90 bits per heavy atom. The van der Waals surface area contributed by atoms with Gasteiger partial charge < -0.3 is 9.88 Å². The predicted molar refractivity (Wildman–Crippen MR) is 79.1 cm³/mol. The van der Waals surface area contributed by atoms with E-state index in [4.69, 9.17) is 11.6 Å². The molecule has 3 rings (SSSR count). The number of halogens is 1. The predicted octanol–water partition coefficient (Wildman–Crippen LogP) is 2.17. The number of carbonyl (C=O) groups excluding carboxylic acids is 1. The third-order valence-electron chi connectivity index (χ3n) is 3.83. The first-order chi connectivity index (χ1) is 10.1. The smallest absolute Gasteiger partial charge is 0.271 e. The summed E-state index contributed by atoms with van der Waals surface area (Å²) in [4.78, 5) is 16.9. The second kappa shape index (κ2) is 5.52. The summed E-state index contributed by atoms with van der Waals surface area (Å²) in [5.74, 6) is 1.13. The summed E-state index contributed by atoms with van der Waals surface area (Å²) in [5.41, 5.74) is 0.416. The van der Waals surface area contributed by atoms with Gasteiger partial charge in [-0.3, -0.25) is 9.48 Å². The molecule has 1 fully saturated rings. The van der Waals surface area contributed by atoms with Crippen LogP contribution in [0, 0.1) is 5.92 Å². The molecule has 2 aromatic rings. The van der Waals surface area contributed by atoms with E-state index >= 15 is 0 Å². The standard InChI is InChI=1S/C14H18ClN5O/c1-3-20-12(10(15)8-17-20)14(21)18-11(9-4-5-9)13-16-6-7-19(13)2/h6-9,11H,3-5H2,1-2H3,(H,18,21)/t11-/m0/s1. The average molecular weight is 308 g/mol. The molecular formula is C14H18ClN5O. The number of nitrogens with zero attached hydrogens (tertiary/aromatic N) is 4. The van der Waals surface area contributed by atoms with Gasteiger partial charge in [-0.1, -0.05) is 11.6 Å². The molecule has 6 nitrogen and oxygen atoms in total. The van der Waals surface area contributed by atoms with Crippen LogP contribution >= 0.6 is 11.6 Å². The number of nitrogens with one attached hydrogen (secondary N) is 1. The van der Waals surface area contributed by atoms with Gasteiger partial charge >= 0.3 is 0 Å². The van der Waals surface area contributed by atoms with Crippen molar-refractivity contribution in [1.29, 1.82) is 0 Å². The molecule has 1 aliphatic carbocycles. The first-order valence-corrected chi connectivity index (χ1v) is 7.49. The summed E-state index contributed by atoms with van der Waals surface area (Å²) in [6.45, 7) is 2.53. The van der Waals surface area contributed by atoms with Crippen LogP contribution in [0.2, 0.25) is 5.02 Å². The second-order valence-electron chi connectivity index (χ2n) is 5.34. The molecule has 21 heavy (non-hydrogen) atoms. The van der Waals surface area contributed by atoms with E-state index in [1.165, 1.54) is 6.20 Å². The number of hydrogen-bond donors (Lipinski definition) is 1. The zero-order valence-electron chi connectivity index (χ0n) is 12.1. The molecule has 112 valence electrons. The topological polar surface area (TPSA) is 64.7 Å². The number of imidazole rings is 1. The van der Waals surface area contributed by atoms with Crippen molar-refractivity contribution in [3.8, 4) is 0 Å². The van der Waals surface area contributed by atoms with Gasteiger partial charge in [0.2, 0.25) is 0 Å². The van der Waals surface area contributed by atoms with E-state index in [9.17, 15) is 4.79 Å². The number of rotatable bonds is 5. The molecule has 2 aromatic heterocycles. The van der Waals surface area contributed by atoms with Crippen LogP contribution in [0.5, 0.6) is 0 Å². The molecule has 7 heteroatoms. The number of hydrogen-bond acceptors (Lipinski definition) is 3. The summed E-state index contributed by atoms with van der Waals surface area (Å²) in [6, 6.07) is -0.0752. The van der Waals surface area contributed by atoms with E-state index < -0.39 is 0 Å². The van der Waals surface area contributed by atoms with Gasteiger partial charge in [-0.15, -0.1) is 0 Å². The summed E-state index contributed by atoms with van der Waals surface area (Å²) in [6.07, 6.45) is 7.37. The maximum Gasteiger partial charge on any atom is 0.271 e. The molecule has 1 aliphatic rings. The molecule has 2 heterocycles. The highest BCUT2D eigenvalue weighted by molar-refractivity contribution is 6.33. The van der Waals surface area contributed by atoms with E-state index in [2.05, 4.69) is 15.4 Å². The molecule has 1 amide bonds. The minimum absolute atomic E-state index is 0.0752. The van der Waals surface area contributed by atoms with Crippen molar-refractivity contribution in [2.45, 2.75) is 32.4 Å². The van der Waals surface area contributed by atoms with Crippen molar-refractivity contribution < 1.29 is 4.79 Å². The van der Waals surface area contributed by atoms with Gasteiger partial charge in [0.1, 0.15) is 11.5 Å². The van der Waals surface area contributed by atoms with Crippen LogP contribution in [-0.4, -0.2) is 25.2 Å². The maximum absolute atomic E-state index is 12.6. The molecule has 0 aliphatic heterocycles. The van der Waals surface area contributed by atoms with Crippen LogP contribution < -0.4 is 5.32 Å². The largest absolute Gasteiger partial charge is 0.340 e. The lowest BCUT2D eigenvalue weighted by Crippen LogP contribution is -2.33. The van der Waals surface area contributed by atoms with Crippen LogP contribution in [0.1, 0.15) is 42.1 Å². The Labute approximate surface area is 128 Å². The quantitative estimate of drug-likeness (QED) is 0.920. The number of aromatic nitrogens is 4. The average Bonchev–Trinajstić information content (AvgIpc) is 3.11. The minimum atomic E-state index is -0.195. The Balaban J connectivity index is 1.85. The normalized spacial score (nSPS) is 16.0. The van der Waals surface area contributed by atoms with Crippen LogP contribution in [-0.2, 0) is 13.6 Å². The van der Waals surface area contributed by atoms with Crippen molar-refractivity contribution >= 4 is 17.5 Å². The van der Waals surface area contributed by atoms with Crippen LogP contribution in [0.15, 0.2) is 18.6 Å². The number of amides is 1. The third-order valence-corrected chi connectivity index (χ3v) is 4.10. The van der Waals surface area contributed by atoms with Crippen molar-refractivity contribution in [3.63, 3.8) is 0 Å².